The summed E-state index contributed by atoms with van der Waals surface area (Å²) in [6.45, 7) is 5.66. The molecule has 8 heteroatoms. The zero-order chi connectivity index (χ0) is 26.4. The first kappa shape index (κ1) is 26.5. The molecular formula is C30H36N4O3S. The fourth-order valence-electron chi connectivity index (χ4n) is 5.80. The van der Waals surface area contributed by atoms with E-state index in [1.165, 1.54) is 12.0 Å². The van der Waals surface area contributed by atoms with Gasteiger partial charge in [-0.1, -0.05) is 78.6 Å². The summed E-state index contributed by atoms with van der Waals surface area (Å²) in [5.74, 6) is 0.660. The normalized spacial score (nSPS) is 16.4. The number of hydrogen-bond donors (Lipinski definition) is 1. The second kappa shape index (κ2) is 12.2. The van der Waals surface area contributed by atoms with Crippen LogP contribution in [0.5, 0.6) is 6.01 Å². The highest BCUT2D eigenvalue weighted by molar-refractivity contribution is 7.99. The third-order valence-corrected chi connectivity index (χ3v) is 8.29. The summed E-state index contributed by atoms with van der Waals surface area (Å²) in [6.07, 6.45) is 6.20. The van der Waals surface area contributed by atoms with E-state index in [1.807, 2.05) is 54.8 Å². The number of carbonyl (C=O) groups is 1. The van der Waals surface area contributed by atoms with Crippen LogP contribution in [-0.2, 0) is 16.0 Å². The van der Waals surface area contributed by atoms with Crippen LogP contribution in [0, 0.1) is 5.41 Å². The lowest BCUT2D eigenvalue weighted by atomic mass is 9.61. The molecule has 1 N–H and O–H groups in total. The molecule has 0 unspecified atom stereocenters. The molecule has 0 aliphatic heterocycles. The van der Waals surface area contributed by atoms with Gasteiger partial charge >= 0.3 is 6.01 Å². The number of ether oxygens (including phenoxy) is 2. The Morgan fingerprint density at radius 2 is 1.76 bits per heavy atom. The van der Waals surface area contributed by atoms with E-state index in [1.54, 1.807) is 11.8 Å². The number of nitrogens with zero attached hydrogens (tertiary/aromatic N) is 3. The Morgan fingerprint density at radius 3 is 2.53 bits per heavy atom. The minimum absolute atomic E-state index is 0.0657. The van der Waals surface area contributed by atoms with Crippen molar-refractivity contribution < 1.29 is 14.3 Å². The van der Waals surface area contributed by atoms with Crippen molar-refractivity contribution in [3.8, 4) is 6.01 Å². The molecule has 0 atom stereocenters. The molecule has 38 heavy (non-hydrogen) atoms. The van der Waals surface area contributed by atoms with Gasteiger partial charge in [-0.15, -0.1) is 5.10 Å². The highest BCUT2D eigenvalue weighted by atomic mass is 32.2. The number of rotatable bonds is 10. The number of para-hydroxylation sites is 1. The average molecular weight is 533 g/mol. The number of thioether (sulfide) groups is 1. The van der Waals surface area contributed by atoms with Crippen LogP contribution in [-0.4, -0.2) is 46.2 Å². The van der Waals surface area contributed by atoms with Gasteiger partial charge in [0.15, 0.2) is 5.16 Å². The summed E-state index contributed by atoms with van der Waals surface area (Å²) in [6, 6.07) is 18.6. The van der Waals surface area contributed by atoms with Crippen molar-refractivity contribution >= 4 is 29.1 Å². The Bertz CT molecular complexity index is 1280. The van der Waals surface area contributed by atoms with E-state index in [2.05, 4.69) is 33.7 Å². The second-order valence-electron chi connectivity index (χ2n) is 9.80. The molecule has 200 valence electrons. The van der Waals surface area contributed by atoms with Crippen molar-refractivity contribution in [1.29, 1.82) is 0 Å². The number of aromatic nitrogens is 3. The first-order chi connectivity index (χ1) is 18.7. The first-order valence-corrected chi connectivity index (χ1v) is 14.6. The largest absolute Gasteiger partial charge is 0.464 e. The van der Waals surface area contributed by atoms with Crippen LogP contribution in [0.15, 0.2) is 65.3 Å². The lowest BCUT2D eigenvalue weighted by molar-refractivity contribution is -0.114. The molecule has 0 radical (unpaired) electrons. The zero-order valence-corrected chi connectivity index (χ0v) is 23.1. The molecule has 1 aromatic heterocycles. The molecule has 1 heterocycles. The monoisotopic (exact) mass is 532 g/mol. The molecule has 1 fully saturated rings. The second-order valence-corrected chi connectivity index (χ2v) is 10.9. The minimum Gasteiger partial charge on any atom is -0.464 e. The van der Waals surface area contributed by atoms with E-state index in [9.17, 15) is 4.79 Å². The molecule has 1 spiro atoms. The molecule has 2 aromatic carbocycles. The third-order valence-electron chi connectivity index (χ3n) is 7.40. The lowest BCUT2D eigenvalue weighted by Gasteiger charge is -2.44. The quantitative estimate of drug-likeness (QED) is 0.247. The standard InChI is InChI=1S/C30H36N4O3S/c1-3-36-19-20-38-29-33-32-28(37-4-2)34(29)26-24-16-10-9-13-22(24)21-30(17-11-6-12-18-30)25(26)27(35)31-23-14-7-5-8-15-23/h5,7-10,13-16H,3-4,6,11-12,17-21H2,1-2H3,(H,31,35). The maximum absolute atomic E-state index is 14.3. The Morgan fingerprint density at radius 1 is 1.00 bits per heavy atom. The molecule has 1 saturated carbocycles. The third kappa shape index (κ3) is 5.38. The topological polar surface area (TPSA) is 78.3 Å². The van der Waals surface area contributed by atoms with Gasteiger partial charge < -0.3 is 14.8 Å². The molecule has 2 aliphatic rings. The van der Waals surface area contributed by atoms with Gasteiger partial charge in [0.25, 0.3) is 5.91 Å². The Hall–Kier alpha value is -3.10. The van der Waals surface area contributed by atoms with Crippen LogP contribution in [0.1, 0.15) is 57.1 Å². The molecule has 1 amide bonds. The van der Waals surface area contributed by atoms with Crippen LogP contribution >= 0.6 is 11.8 Å². The van der Waals surface area contributed by atoms with Crippen LogP contribution < -0.4 is 10.1 Å². The van der Waals surface area contributed by atoms with Crippen molar-refractivity contribution in [2.75, 3.05) is 30.9 Å². The number of benzene rings is 2. The summed E-state index contributed by atoms with van der Waals surface area (Å²) in [7, 11) is 0. The molecular weight excluding hydrogens is 496 g/mol. The lowest BCUT2D eigenvalue weighted by Crippen LogP contribution is -2.39. The average Bonchev–Trinajstić information content (AvgIpc) is 3.33. The number of amides is 1. The summed E-state index contributed by atoms with van der Waals surface area (Å²) in [5.41, 5.74) is 4.47. The van der Waals surface area contributed by atoms with Crippen LogP contribution in [0.3, 0.4) is 0 Å². The van der Waals surface area contributed by atoms with E-state index < -0.39 is 0 Å². The van der Waals surface area contributed by atoms with Crippen LogP contribution in [0.4, 0.5) is 5.69 Å². The van der Waals surface area contributed by atoms with Gasteiger partial charge in [0.2, 0.25) is 0 Å². The zero-order valence-electron chi connectivity index (χ0n) is 22.2. The Labute approximate surface area is 229 Å². The number of nitrogens with one attached hydrogen (secondary N) is 1. The summed E-state index contributed by atoms with van der Waals surface area (Å²) in [4.78, 5) is 14.3. The van der Waals surface area contributed by atoms with Gasteiger partial charge in [-0.05, 0) is 50.8 Å². The van der Waals surface area contributed by atoms with E-state index in [4.69, 9.17) is 9.47 Å². The van der Waals surface area contributed by atoms with Crippen molar-refractivity contribution in [1.82, 2.24) is 14.8 Å². The van der Waals surface area contributed by atoms with Gasteiger partial charge in [0, 0.05) is 34.6 Å². The van der Waals surface area contributed by atoms with E-state index >= 15 is 0 Å². The van der Waals surface area contributed by atoms with Crippen LogP contribution in [0.25, 0.3) is 5.70 Å². The predicted molar refractivity (Wildman–Crippen MR) is 151 cm³/mol. The molecule has 7 nitrogen and oxygen atoms in total. The van der Waals surface area contributed by atoms with E-state index in [0.29, 0.717) is 31.0 Å². The highest BCUT2D eigenvalue weighted by Gasteiger charge is 2.46. The first-order valence-electron chi connectivity index (χ1n) is 13.7. The van der Waals surface area contributed by atoms with Crippen molar-refractivity contribution in [2.24, 2.45) is 5.41 Å². The smallest absolute Gasteiger partial charge is 0.322 e. The summed E-state index contributed by atoms with van der Waals surface area (Å²) in [5, 5.41) is 12.9. The summed E-state index contributed by atoms with van der Waals surface area (Å²) >= 11 is 1.57. The number of hydrogen-bond acceptors (Lipinski definition) is 6. The van der Waals surface area contributed by atoms with E-state index in [-0.39, 0.29) is 11.3 Å². The van der Waals surface area contributed by atoms with Crippen molar-refractivity contribution in [3.05, 3.63) is 71.3 Å². The molecule has 2 aliphatic carbocycles. The SMILES string of the molecule is CCOCCSc1nnc(OCC)n1C1=C(C(=O)Nc2ccccc2)C2(CCCCC2)Cc2ccccc21. The van der Waals surface area contributed by atoms with Gasteiger partial charge in [0.05, 0.1) is 18.9 Å². The molecule has 3 aromatic rings. The maximum Gasteiger partial charge on any atom is 0.322 e. The fraction of sp³-hybridized carbons (Fsp3) is 0.433. The van der Waals surface area contributed by atoms with Crippen molar-refractivity contribution in [3.63, 3.8) is 0 Å². The number of fused-ring (bicyclic) bond motifs is 1. The molecule has 0 saturated heterocycles. The molecule has 0 bridgehead atoms. The van der Waals surface area contributed by atoms with Gasteiger partial charge in [-0.2, -0.15) is 0 Å². The number of carbonyl (C=O) groups excluding carboxylic acids is 1. The van der Waals surface area contributed by atoms with Gasteiger partial charge in [0.1, 0.15) is 0 Å². The maximum atomic E-state index is 14.3. The fourth-order valence-corrected chi connectivity index (χ4v) is 6.58. The Balaban J connectivity index is 1.72. The highest BCUT2D eigenvalue weighted by Crippen LogP contribution is 2.53. The predicted octanol–water partition coefficient (Wildman–Crippen LogP) is 6.21. The number of anilines is 1. The summed E-state index contributed by atoms with van der Waals surface area (Å²) < 4.78 is 13.6. The van der Waals surface area contributed by atoms with Gasteiger partial charge in [-0.3, -0.25) is 4.79 Å². The molecule has 5 rings (SSSR count). The van der Waals surface area contributed by atoms with Crippen LogP contribution in [0.2, 0.25) is 0 Å². The minimum atomic E-state index is -0.262. The van der Waals surface area contributed by atoms with Crippen molar-refractivity contribution in [2.45, 2.75) is 57.5 Å². The van der Waals surface area contributed by atoms with Gasteiger partial charge in [-0.25, -0.2) is 4.57 Å². The van der Waals surface area contributed by atoms with E-state index in [0.717, 1.165) is 60.4 Å². The Kier molecular flexibility index (Phi) is 8.49.